The maximum atomic E-state index is 12.2. The molecular weight excluding hydrogens is 296 g/mol. The Morgan fingerprint density at radius 3 is 2.57 bits per heavy atom. The average molecular weight is 310 g/mol. The van der Waals surface area contributed by atoms with Crippen LogP contribution in [0.3, 0.4) is 0 Å². The molecule has 21 heavy (non-hydrogen) atoms. The molecule has 0 amide bonds. The molecule has 2 rings (SSSR count). The Morgan fingerprint density at radius 1 is 1.29 bits per heavy atom. The number of hydrogen-bond donors (Lipinski definition) is 0. The number of hydrogen-bond acceptors (Lipinski definition) is 7. The molecule has 0 bridgehead atoms. The number of nitrogens with zero attached hydrogens (tertiary/aromatic N) is 2. The highest BCUT2D eigenvalue weighted by Gasteiger charge is 2.22. The van der Waals surface area contributed by atoms with E-state index < -0.39 is 21.6 Å². The van der Waals surface area contributed by atoms with Crippen LogP contribution in [0.2, 0.25) is 0 Å². The molecule has 0 aliphatic heterocycles. The fourth-order valence-electron chi connectivity index (χ4n) is 1.59. The van der Waals surface area contributed by atoms with Crippen molar-refractivity contribution < 1.29 is 22.5 Å². The van der Waals surface area contributed by atoms with E-state index in [1.54, 1.807) is 19.1 Å². The summed E-state index contributed by atoms with van der Waals surface area (Å²) >= 11 is 0. The number of esters is 1. The van der Waals surface area contributed by atoms with Crippen molar-refractivity contribution in [1.29, 1.82) is 0 Å². The minimum Gasteiger partial charge on any atom is -0.459 e. The van der Waals surface area contributed by atoms with E-state index in [-0.39, 0.29) is 23.2 Å². The fourth-order valence-corrected chi connectivity index (χ4v) is 2.76. The van der Waals surface area contributed by atoms with Crippen molar-refractivity contribution >= 4 is 15.8 Å². The van der Waals surface area contributed by atoms with Crippen LogP contribution in [0.25, 0.3) is 0 Å². The second-order valence-electron chi connectivity index (χ2n) is 4.31. The Hall–Kier alpha value is -2.22. The summed E-state index contributed by atoms with van der Waals surface area (Å²) in [5, 5.41) is 3.48. The van der Waals surface area contributed by atoms with Gasteiger partial charge in [0.25, 0.3) is 0 Å². The third-order valence-electron chi connectivity index (χ3n) is 2.62. The number of benzene rings is 1. The highest BCUT2D eigenvalue weighted by Crippen LogP contribution is 2.15. The second kappa shape index (κ2) is 6.04. The maximum absolute atomic E-state index is 12.2. The van der Waals surface area contributed by atoms with E-state index in [9.17, 15) is 13.2 Å². The van der Waals surface area contributed by atoms with Crippen LogP contribution in [-0.2, 0) is 20.3 Å². The summed E-state index contributed by atoms with van der Waals surface area (Å²) < 4.78 is 33.7. The number of carbonyl (C=O) groups is 1. The number of ether oxygens (including phenoxy) is 1. The molecule has 0 spiro atoms. The van der Waals surface area contributed by atoms with Gasteiger partial charge in [0.1, 0.15) is 5.75 Å². The van der Waals surface area contributed by atoms with Crippen LogP contribution in [0.4, 0.5) is 0 Å². The summed E-state index contributed by atoms with van der Waals surface area (Å²) in [6, 6.07) is 6.42. The van der Waals surface area contributed by atoms with E-state index in [4.69, 9.17) is 0 Å². The number of sulfone groups is 1. The first-order valence-corrected chi connectivity index (χ1v) is 7.86. The molecule has 2 aromatic rings. The molecule has 1 heterocycles. The van der Waals surface area contributed by atoms with Crippen molar-refractivity contribution in [2.24, 2.45) is 0 Å². The molecule has 0 aliphatic carbocycles. The normalized spacial score (nSPS) is 11.3. The number of rotatable bonds is 5. The number of aromatic nitrogens is 2. The van der Waals surface area contributed by atoms with Gasteiger partial charge in [0.15, 0.2) is 15.7 Å². The van der Waals surface area contributed by atoms with Gasteiger partial charge < -0.3 is 9.26 Å². The van der Waals surface area contributed by atoms with Crippen LogP contribution in [0.1, 0.15) is 29.0 Å². The standard InChI is InChI=1S/C13H14N2O5S/c1-3-19-13(16)12-14-11(15-20-12)8-21(17,18)10-6-4-9(2)5-7-10/h4-7H,3,8H2,1-2H3. The summed E-state index contributed by atoms with van der Waals surface area (Å²) in [5.41, 5.74) is 0.957. The summed E-state index contributed by atoms with van der Waals surface area (Å²) in [6.07, 6.45) is 0. The van der Waals surface area contributed by atoms with Crippen molar-refractivity contribution in [2.45, 2.75) is 24.5 Å². The summed E-state index contributed by atoms with van der Waals surface area (Å²) in [6.45, 7) is 3.66. The van der Waals surface area contributed by atoms with Crippen molar-refractivity contribution in [3.63, 3.8) is 0 Å². The Labute approximate surface area is 121 Å². The molecule has 0 saturated heterocycles. The smallest absolute Gasteiger partial charge is 0.397 e. The van der Waals surface area contributed by atoms with Crippen molar-refractivity contribution in [1.82, 2.24) is 10.1 Å². The summed E-state index contributed by atoms with van der Waals surface area (Å²) in [5.74, 6) is -1.66. The molecule has 0 radical (unpaired) electrons. The average Bonchev–Trinajstić information content (AvgIpc) is 2.87. The summed E-state index contributed by atoms with van der Waals surface area (Å²) in [7, 11) is -3.59. The zero-order chi connectivity index (χ0) is 15.5. The lowest BCUT2D eigenvalue weighted by molar-refractivity contribution is 0.0470. The van der Waals surface area contributed by atoms with Gasteiger partial charge in [-0.15, -0.1) is 0 Å². The van der Waals surface area contributed by atoms with Crippen LogP contribution in [0, 0.1) is 6.92 Å². The predicted octanol–water partition coefficient (Wildman–Crippen LogP) is 1.53. The van der Waals surface area contributed by atoms with Crippen LogP contribution in [-0.4, -0.2) is 31.1 Å². The quantitative estimate of drug-likeness (QED) is 0.772. The first-order valence-electron chi connectivity index (χ1n) is 6.21. The van der Waals surface area contributed by atoms with Gasteiger partial charge in [-0.1, -0.05) is 22.9 Å². The van der Waals surface area contributed by atoms with Gasteiger partial charge in [-0.2, -0.15) is 4.98 Å². The molecule has 1 aromatic heterocycles. The molecule has 1 aromatic carbocycles. The van der Waals surface area contributed by atoms with Crippen molar-refractivity contribution in [2.75, 3.05) is 6.61 Å². The topological polar surface area (TPSA) is 99.4 Å². The van der Waals surface area contributed by atoms with Crippen LogP contribution < -0.4 is 0 Å². The Morgan fingerprint density at radius 2 is 1.95 bits per heavy atom. The third-order valence-corrected chi connectivity index (χ3v) is 4.25. The van der Waals surface area contributed by atoms with E-state index >= 15 is 0 Å². The van der Waals surface area contributed by atoms with Gasteiger partial charge in [-0.25, -0.2) is 13.2 Å². The van der Waals surface area contributed by atoms with Crippen LogP contribution in [0.5, 0.6) is 0 Å². The van der Waals surface area contributed by atoms with E-state index in [0.29, 0.717) is 0 Å². The molecule has 0 saturated carbocycles. The van der Waals surface area contributed by atoms with Gasteiger partial charge >= 0.3 is 11.9 Å². The molecule has 112 valence electrons. The highest BCUT2D eigenvalue weighted by molar-refractivity contribution is 7.90. The highest BCUT2D eigenvalue weighted by atomic mass is 32.2. The Kier molecular flexibility index (Phi) is 4.37. The zero-order valence-electron chi connectivity index (χ0n) is 11.6. The first kappa shape index (κ1) is 15.2. The minimum absolute atomic E-state index is 0.0846. The molecule has 0 fully saturated rings. The van der Waals surface area contributed by atoms with E-state index in [1.807, 2.05) is 6.92 Å². The van der Waals surface area contributed by atoms with Crippen LogP contribution in [0.15, 0.2) is 33.7 Å². The zero-order valence-corrected chi connectivity index (χ0v) is 12.4. The maximum Gasteiger partial charge on any atom is 0.397 e. The second-order valence-corrected chi connectivity index (χ2v) is 6.30. The van der Waals surface area contributed by atoms with E-state index in [2.05, 4.69) is 19.4 Å². The molecule has 8 heteroatoms. The van der Waals surface area contributed by atoms with Gasteiger partial charge in [0.2, 0.25) is 0 Å². The largest absolute Gasteiger partial charge is 0.459 e. The Bertz CT molecular complexity index is 734. The monoisotopic (exact) mass is 310 g/mol. The fraction of sp³-hybridized carbons (Fsp3) is 0.308. The molecule has 0 atom stereocenters. The molecule has 0 unspecified atom stereocenters. The lowest BCUT2D eigenvalue weighted by Crippen LogP contribution is -2.08. The molecule has 0 aliphatic rings. The minimum atomic E-state index is -3.59. The number of carbonyl (C=O) groups excluding carboxylic acids is 1. The predicted molar refractivity (Wildman–Crippen MR) is 72.3 cm³/mol. The molecule has 7 nitrogen and oxygen atoms in total. The van der Waals surface area contributed by atoms with Gasteiger partial charge in [-0.05, 0) is 26.0 Å². The van der Waals surface area contributed by atoms with Gasteiger partial charge in [0.05, 0.1) is 11.5 Å². The molecular formula is C13H14N2O5S. The van der Waals surface area contributed by atoms with Crippen molar-refractivity contribution in [3.05, 3.63) is 41.5 Å². The number of aryl methyl sites for hydroxylation is 1. The van der Waals surface area contributed by atoms with Crippen LogP contribution >= 0.6 is 0 Å². The van der Waals surface area contributed by atoms with Gasteiger partial charge in [0, 0.05) is 0 Å². The first-order chi connectivity index (χ1) is 9.92. The lowest BCUT2D eigenvalue weighted by Gasteiger charge is -2.01. The third kappa shape index (κ3) is 3.66. The van der Waals surface area contributed by atoms with E-state index in [0.717, 1.165) is 5.56 Å². The SMILES string of the molecule is CCOC(=O)c1nc(CS(=O)(=O)c2ccc(C)cc2)no1. The van der Waals surface area contributed by atoms with Gasteiger partial charge in [-0.3, -0.25) is 0 Å². The van der Waals surface area contributed by atoms with Crippen molar-refractivity contribution in [3.8, 4) is 0 Å². The van der Waals surface area contributed by atoms with E-state index in [1.165, 1.54) is 12.1 Å². The molecule has 0 N–H and O–H groups in total. The Balaban J connectivity index is 2.17. The lowest BCUT2D eigenvalue weighted by atomic mass is 10.2. The summed E-state index contributed by atoms with van der Waals surface area (Å²) in [4.78, 5) is 15.3.